The Morgan fingerprint density at radius 1 is 1.19 bits per heavy atom. The first-order valence-electron chi connectivity index (χ1n) is 6.58. The third-order valence-electron chi connectivity index (χ3n) is 2.68. The minimum atomic E-state index is 0.947. The summed E-state index contributed by atoms with van der Waals surface area (Å²) in [5.41, 5.74) is 1.30. The number of nitrogens with zero attached hydrogens (tertiary/aromatic N) is 2. The molecule has 0 radical (unpaired) electrons. The van der Waals surface area contributed by atoms with E-state index in [4.69, 9.17) is 0 Å². The van der Waals surface area contributed by atoms with Crippen LogP contribution in [-0.2, 0) is 13.1 Å². The van der Waals surface area contributed by atoms with Crippen LogP contribution in [0.25, 0.3) is 0 Å². The van der Waals surface area contributed by atoms with Crippen molar-refractivity contribution in [3.63, 3.8) is 0 Å². The van der Waals surface area contributed by atoms with Gasteiger partial charge in [-0.05, 0) is 19.4 Å². The molecule has 0 aliphatic carbocycles. The zero-order valence-corrected chi connectivity index (χ0v) is 10.7. The Labute approximate surface area is 99.2 Å². The fourth-order valence-electron chi connectivity index (χ4n) is 1.73. The van der Waals surface area contributed by atoms with E-state index in [0.717, 1.165) is 19.6 Å². The van der Waals surface area contributed by atoms with Crippen molar-refractivity contribution in [2.45, 2.75) is 59.0 Å². The fourth-order valence-corrected chi connectivity index (χ4v) is 1.73. The summed E-state index contributed by atoms with van der Waals surface area (Å²) in [4.78, 5) is 0. The number of nitrogens with one attached hydrogen (secondary N) is 1. The molecule has 0 aliphatic rings. The van der Waals surface area contributed by atoms with Crippen LogP contribution in [0.1, 0.15) is 51.5 Å². The average Bonchev–Trinajstić information content (AvgIpc) is 2.73. The van der Waals surface area contributed by atoms with Gasteiger partial charge in [-0.1, -0.05) is 33.1 Å². The SMILES string of the molecule is CCCCCCn1cc(CNCCC)cn1. The van der Waals surface area contributed by atoms with Crippen LogP contribution in [0.2, 0.25) is 0 Å². The second kappa shape index (κ2) is 8.34. The third-order valence-corrected chi connectivity index (χ3v) is 2.68. The summed E-state index contributed by atoms with van der Waals surface area (Å²) in [6.07, 6.45) is 10.5. The summed E-state index contributed by atoms with van der Waals surface area (Å²) < 4.78 is 2.07. The highest BCUT2D eigenvalue weighted by atomic mass is 15.3. The summed E-state index contributed by atoms with van der Waals surface area (Å²) in [6, 6.07) is 0. The zero-order chi connectivity index (χ0) is 11.6. The van der Waals surface area contributed by atoms with Gasteiger partial charge < -0.3 is 5.32 Å². The van der Waals surface area contributed by atoms with Gasteiger partial charge in [0.05, 0.1) is 6.20 Å². The molecule has 0 unspecified atom stereocenters. The maximum absolute atomic E-state index is 4.37. The number of hydrogen-bond donors (Lipinski definition) is 1. The lowest BCUT2D eigenvalue weighted by Crippen LogP contribution is -2.13. The van der Waals surface area contributed by atoms with Crippen molar-refractivity contribution in [1.29, 1.82) is 0 Å². The minimum absolute atomic E-state index is 0.947. The first-order valence-corrected chi connectivity index (χ1v) is 6.58. The molecule has 1 rings (SSSR count). The van der Waals surface area contributed by atoms with Crippen LogP contribution in [0.15, 0.2) is 12.4 Å². The topological polar surface area (TPSA) is 29.9 Å². The molecule has 1 aromatic rings. The summed E-state index contributed by atoms with van der Waals surface area (Å²) in [6.45, 7) is 7.52. The molecule has 1 aromatic heterocycles. The molecule has 16 heavy (non-hydrogen) atoms. The van der Waals surface area contributed by atoms with Crippen molar-refractivity contribution >= 4 is 0 Å². The molecule has 0 aliphatic heterocycles. The van der Waals surface area contributed by atoms with E-state index in [2.05, 4.69) is 35.1 Å². The van der Waals surface area contributed by atoms with Crippen molar-refractivity contribution in [2.24, 2.45) is 0 Å². The third kappa shape index (κ3) is 5.31. The normalized spacial score (nSPS) is 10.9. The van der Waals surface area contributed by atoms with E-state index in [-0.39, 0.29) is 0 Å². The molecule has 0 saturated carbocycles. The Balaban J connectivity index is 2.17. The van der Waals surface area contributed by atoms with Crippen LogP contribution in [-0.4, -0.2) is 16.3 Å². The van der Waals surface area contributed by atoms with Gasteiger partial charge in [-0.25, -0.2) is 0 Å². The van der Waals surface area contributed by atoms with Crippen LogP contribution in [0, 0.1) is 0 Å². The standard InChI is InChI=1S/C13H25N3/c1-3-5-6-7-9-16-12-13(11-15-16)10-14-8-4-2/h11-12,14H,3-10H2,1-2H3. The Bertz CT molecular complexity index is 268. The molecule has 1 heterocycles. The van der Waals surface area contributed by atoms with Gasteiger partial charge in [-0.15, -0.1) is 0 Å². The molecule has 0 aromatic carbocycles. The van der Waals surface area contributed by atoms with Crippen molar-refractivity contribution < 1.29 is 0 Å². The highest BCUT2D eigenvalue weighted by molar-refractivity contribution is 5.03. The quantitative estimate of drug-likeness (QED) is 0.652. The van der Waals surface area contributed by atoms with Crippen LogP contribution in [0.5, 0.6) is 0 Å². The summed E-state index contributed by atoms with van der Waals surface area (Å²) in [7, 11) is 0. The smallest absolute Gasteiger partial charge is 0.0534 e. The average molecular weight is 223 g/mol. The van der Waals surface area contributed by atoms with Gasteiger partial charge >= 0.3 is 0 Å². The van der Waals surface area contributed by atoms with E-state index >= 15 is 0 Å². The molecular weight excluding hydrogens is 198 g/mol. The molecule has 0 fully saturated rings. The highest BCUT2D eigenvalue weighted by Gasteiger charge is 1.97. The molecule has 3 heteroatoms. The van der Waals surface area contributed by atoms with Gasteiger partial charge in [0.2, 0.25) is 0 Å². The molecule has 3 nitrogen and oxygen atoms in total. The summed E-state index contributed by atoms with van der Waals surface area (Å²) >= 11 is 0. The van der Waals surface area contributed by atoms with Crippen LogP contribution in [0.3, 0.4) is 0 Å². The van der Waals surface area contributed by atoms with Gasteiger partial charge in [0.1, 0.15) is 0 Å². The van der Waals surface area contributed by atoms with E-state index in [9.17, 15) is 0 Å². The van der Waals surface area contributed by atoms with Crippen molar-refractivity contribution in [1.82, 2.24) is 15.1 Å². The van der Waals surface area contributed by atoms with E-state index in [1.165, 1.54) is 37.7 Å². The monoisotopic (exact) mass is 223 g/mol. The summed E-state index contributed by atoms with van der Waals surface area (Å²) in [5.74, 6) is 0. The second-order valence-corrected chi connectivity index (χ2v) is 4.35. The van der Waals surface area contributed by atoms with E-state index < -0.39 is 0 Å². The highest BCUT2D eigenvalue weighted by Crippen LogP contribution is 2.03. The molecule has 0 amide bonds. The van der Waals surface area contributed by atoms with Crippen LogP contribution < -0.4 is 5.32 Å². The summed E-state index contributed by atoms with van der Waals surface area (Å²) in [5, 5.41) is 7.76. The van der Waals surface area contributed by atoms with Crippen LogP contribution in [0.4, 0.5) is 0 Å². The Morgan fingerprint density at radius 3 is 2.81 bits per heavy atom. The molecule has 0 saturated heterocycles. The molecule has 1 N–H and O–H groups in total. The van der Waals surface area contributed by atoms with E-state index in [1.54, 1.807) is 0 Å². The lowest BCUT2D eigenvalue weighted by atomic mass is 10.2. The number of aryl methyl sites for hydroxylation is 1. The molecule has 0 spiro atoms. The first kappa shape index (κ1) is 13.2. The predicted octanol–water partition coefficient (Wildman–Crippen LogP) is 2.96. The van der Waals surface area contributed by atoms with Gasteiger partial charge in [-0.2, -0.15) is 5.10 Å². The van der Waals surface area contributed by atoms with Gasteiger partial charge in [-0.3, -0.25) is 4.68 Å². The largest absolute Gasteiger partial charge is 0.313 e. The zero-order valence-electron chi connectivity index (χ0n) is 10.7. The molecule has 92 valence electrons. The van der Waals surface area contributed by atoms with Crippen molar-refractivity contribution in [3.8, 4) is 0 Å². The number of rotatable bonds is 9. The Kier molecular flexibility index (Phi) is 6.90. The van der Waals surface area contributed by atoms with Crippen molar-refractivity contribution in [2.75, 3.05) is 6.54 Å². The maximum atomic E-state index is 4.37. The molecule has 0 bridgehead atoms. The lowest BCUT2D eigenvalue weighted by Gasteiger charge is -2.01. The van der Waals surface area contributed by atoms with Gasteiger partial charge in [0.25, 0.3) is 0 Å². The second-order valence-electron chi connectivity index (χ2n) is 4.35. The van der Waals surface area contributed by atoms with E-state index in [0.29, 0.717) is 0 Å². The number of aromatic nitrogens is 2. The Hall–Kier alpha value is -0.830. The molecule has 0 atom stereocenters. The van der Waals surface area contributed by atoms with Crippen LogP contribution >= 0.6 is 0 Å². The van der Waals surface area contributed by atoms with E-state index in [1.807, 2.05) is 6.20 Å². The minimum Gasteiger partial charge on any atom is -0.313 e. The number of hydrogen-bond acceptors (Lipinski definition) is 2. The Morgan fingerprint density at radius 2 is 2.06 bits per heavy atom. The first-order chi connectivity index (χ1) is 7.86. The lowest BCUT2D eigenvalue weighted by molar-refractivity contribution is 0.540. The van der Waals surface area contributed by atoms with Crippen molar-refractivity contribution in [3.05, 3.63) is 18.0 Å². The fraction of sp³-hybridized carbons (Fsp3) is 0.769. The predicted molar refractivity (Wildman–Crippen MR) is 68.4 cm³/mol. The maximum Gasteiger partial charge on any atom is 0.0534 e. The van der Waals surface area contributed by atoms with Gasteiger partial charge in [0, 0.05) is 24.8 Å². The van der Waals surface area contributed by atoms with Gasteiger partial charge in [0.15, 0.2) is 0 Å². The number of unbranched alkanes of at least 4 members (excludes halogenated alkanes) is 3. The molecular formula is C13H25N3.